The molecule has 0 saturated carbocycles. The van der Waals surface area contributed by atoms with E-state index >= 15 is 0 Å². The maximum absolute atomic E-state index is 14.2. The summed E-state index contributed by atoms with van der Waals surface area (Å²) in [7, 11) is 2.62. The molecule has 3 aliphatic heterocycles. The van der Waals surface area contributed by atoms with E-state index in [4.69, 9.17) is 4.74 Å². The summed E-state index contributed by atoms with van der Waals surface area (Å²) in [6, 6.07) is 21.5. The maximum atomic E-state index is 14.2. The average Bonchev–Trinajstić information content (AvgIpc) is 4.12. The minimum atomic E-state index is -0.980. The number of esters is 2. The normalized spacial score (nSPS) is 19.7. The summed E-state index contributed by atoms with van der Waals surface area (Å²) >= 11 is 3.32. The van der Waals surface area contributed by atoms with Gasteiger partial charge in [0.2, 0.25) is 0 Å². The zero-order valence-corrected chi connectivity index (χ0v) is 42.8. The molecule has 3 aliphatic rings. The number of aliphatic carboxylic acids is 1. The molecule has 6 heterocycles. The van der Waals surface area contributed by atoms with Crippen molar-refractivity contribution in [3.05, 3.63) is 183 Å². The van der Waals surface area contributed by atoms with E-state index < -0.39 is 76.4 Å². The number of halogens is 8. The second kappa shape index (κ2) is 26.4. The van der Waals surface area contributed by atoms with Crippen LogP contribution in [0.5, 0.6) is 0 Å². The molecular weight excluding hydrogens is 1050 g/mol. The van der Waals surface area contributed by atoms with Crippen LogP contribution in [0.2, 0.25) is 0 Å². The number of benzene rings is 3. The zero-order chi connectivity index (χ0) is 52.2. The number of carbonyl (C=O) groups excluding carboxylic acids is 2. The van der Waals surface area contributed by atoms with Crippen molar-refractivity contribution in [2.75, 3.05) is 63.3 Å². The van der Waals surface area contributed by atoms with Gasteiger partial charge in [-0.05, 0) is 92.1 Å². The molecular formula is C53H54BrClF6N6O6. The van der Waals surface area contributed by atoms with Crippen LogP contribution in [-0.4, -0.2) is 91.5 Å². The first-order valence-corrected chi connectivity index (χ1v) is 23.5. The van der Waals surface area contributed by atoms with Crippen LogP contribution in [0.4, 0.5) is 37.7 Å². The lowest BCUT2D eigenvalue weighted by Gasteiger charge is -2.19. The Morgan fingerprint density at radius 1 is 0.548 bits per heavy atom. The Kier molecular flexibility index (Phi) is 20.7. The van der Waals surface area contributed by atoms with Gasteiger partial charge in [0.05, 0.1) is 32.0 Å². The quantitative estimate of drug-likeness (QED) is 0.110. The van der Waals surface area contributed by atoms with Gasteiger partial charge in [-0.1, -0.05) is 34.1 Å². The van der Waals surface area contributed by atoms with E-state index in [0.717, 1.165) is 57.2 Å². The number of carboxylic acids is 1. The molecule has 73 heavy (non-hydrogen) atoms. The first-order valence-electron chi connectivity index (χ1n) is 22.7. The molecule has 12 nitrogen and oxygen atoms in total. The van der Waals surface area contributed by atoms with Crippen molar-refractivity contribution in [1.82, 2.24) is 20.3 Å². The van der Waals surface area contributed by atoms with Gasteiger partial charge in [-0.2, -0.15) is 0 Å². The lowest BCUT2D eigenvalue weighted by Crippen LogP contribution is -2.24. The number of aryl methyl sites for hydroxylation is 3. The first kappa shape index (κ1) is 57.3. The van der Waals surface area contributed by atoms with Gasteiger partial charge in [0.1, 0.15) is 34.9 Å². The highest BCUT2D eigenvalue weighted by molar-refractivity contribution is 9.10. The van der Waals surface area contributed by atoms with Crippen molar-refractivity contribution in [2.24, 2.45) is 17.8 Å². The number of aromatic nitrogens is 3. The largest absolute Gasteiger partial charge is 0.481 e. The molecule has 3 fully saturated rings. The Labute approximate surface area is 433 Å². The van der Waals surface area contributed by atoms with Crippen LogP contribution in [0.15, 0.2) is 114 Å². The highest BCUT2D eigenvalue weighted by atomic mass is 79.9. The molecule has 3 aromatic heterocycles. The molecule has 2 N–H and O–H groups in total. The summed E-state index contributed by atoms with van der Waals surface area (Å²) in [6.07, 6.45) is 5.13. The monoisotopic (exact) mass is 1100 g/mol. The number of pyridine rings is 3. The molecule has 3 saturated heterocycles. The van der Waals surface area contributed by atoms with E-state index in [-0.39, 0.29) is 36.4 Å². The highest BCUT2D eigenvalue weighted by Gasteiger charge is 2.42. The van der Waals surface area contributed by atoms with E-state index in [9.17, 15) is 45.8 Å². The van der Waals surface area contributed by atoms with Gasteiger partial charge < -0.3 is 29.7 Å². The molecule has 9 rings (SSSR count). The minimum Gasteiger partial charge on any atom is -0.481 e. The fourth-order valence-corrected chi connectivity index (χ4v) is 9.53. The van der Waals surface area contributed by atoms with E-state index in [2.05, 4.69) is 40.9 Å². The Morgan fingerprint density at radius 2 is 0.945 bits per heavy atom. The van der Waals surface area contributed by atoms with Crippen LogP contribution in [0, 0.1) is 73.4 Å². The number of hydrogen-bond acceptors (Lipinski definition) is 11. The summed E-state index contributed by atoms with van der Waals surface area (Å²) in [4.78, 5) is 51.5. The number of nitrogens with zero attached hydrogens (tertiary/aromatic N) is 5. The third-order valence-corrected chi connectivity index (χ3v) is 13.1. The molecule has 388 valence electrons. The van der Waals surface area contributed by atoms with Crippen LogP contribution in [0.25, 0.3) is 0 Å². The van der Waals surface area contributed by atoms with E-state index in [0.29, 0.717) is 43.9 Å². The van der Waals surface area contributed by atoms with Gasteiger partial charge in [-0.3, -0.25) is 29.3 Å². The zero-order valence-electron chi connectivity index (χ0n) is 40.4. The Balaban J connectivity index is 0.000000189. The van der Waals surface area contributed by atoms with Gasteiger partial charge in [0.25, 0.3) is 0 Å². The maximum Gasteiger partial charge on any atom is 0.311 e. The van der Waals surface area contributed by atoms with Crippen molar-refractivity contribution >= 4 is 57.6 Å². The molecule has 6 atom stereocenters. The van der Waals surface area contributed by atoms with Crippen LogP contribution >= 0.6 is 28.3 Å². The number of methoxy groups -OCH3 is 2. The average molecular weight is 1100 g/mol. The number of ether oxygens (including phenoxy) is 2. The number of anilines is 2. The van der Waals surface area contributed by atoms with Crippen molar-refractivity contribution in [3.8, 4) is 0 Å². The molecule has 0 unspecified atom stereocenters. The standard InChI is InChI=1S/C18H18F2N2O2.C17H16F2N2O2.C12H13F2NO2.C6H6BrN.ClH/c1-11-7-13(5-6-21-11)22-9-15(16(10-22)18(23)24-2)14-4-3-12(19)8-17(14)20;1-10-6-12(4-5-20-10)21-8-14(15(9-21)17(22)23)13-3-2-11(18)7-16(13)19;1-17-12(16)10-6-15-5-9(10)8-3-2-7(13)4-11(8)14;1-5-4-6(7)2-3-8-5;/h3-8,15-16H,9-10H2,1-2H3;2-7,14-15H,8-9H2,1H3,(H,22,23);2-4,9-10,15H,5-6H2,1H3;2-4H,1H3;1H/t15-,16+;14-,15+;9-,10+;;/m000../s1. The second-order valence-corrected chi connectivity index (χ2v) is 18.3. The molecule has 20 heteroatoms. The smallest absolute Gasteiger partial charge is 0.311 e. The SMILES string of the molecule is COC(=O)[C@@H]1CN(c2ccnc(C)c2)C[C@H]1c1ccc(F)cc1F.COC(=O)[C@@H]1CNC[C@H]1c1ccc(F)cc1F.Cc1cc(Br)ccn1.Cc1cc(N2C[C@@H](C(=O)O)[C@H](c3ccc(F)cc3F)C2)ccn1.Cl. The Hall–Kier alpha value is -6.57. The van der Waals surface area contributed by atoms with E-state index in [1.807, 2.05) is 60.9 Å². The Bertz CT molecular complexity index is 2860. The lowest BCUT2D eigenvalue weighted by molar-refractivity contribution is -0.146. The number of nitrogens with one attached hydrogen (secondary N) is 1. The predicted molar refractivity (Wildman–Crippen MR) is 269 cm³/mol. The van der Waals surface area contributed by atoms with E-state index in [1.165, 1.54) is 44.6 Å². The molecule has 3 aromatic carbocycles. The lowest BCUT2D eigenvalue weighted by atomic mass is 9.88. The van der Waals surface area contributed by atoms with Crippen LogP contribution in [-0.2, 0) is 23.9 Å². The first-order chi connectivity index (χ1) is 34.4. The van der Waals surface area contributed by atoms with Crippen molar-refractivity contribution < 1.29 is 55.3 Å². The summed E-state index contributed by atoms with van der Waals surface area (Å²) in [5.41, 5.74) is 5.43. The van der Waals surface area contributed by atoms with Gasteiger partial charge >= 0.3 is 17.9 Å². The van der Waals surface area contributed by atoms with Gasteiger partial charge in [-0.25, -0.2) is 26.3 Å². The summed E-state index contributed by atoms with van der Waals surface area (Å²) in [5, 5.41) is 12.5. The van der Waals surface area contributed by atoms with Crippen LogP contribution in [0.1, 0.15) is 51.5 Å². The fraction of sp³-hybridized carbons (Fsp3) is 0.321. The molecule has 0 spiro atoms. The molecule has 0 bridgehead atoms. The summed E-state index contributed by atoms with van der Waals surface area (Å²) in [5.74, 6) is -8.52. The van der Waals surface area contributed by atoms with Gasteiger partial charge in [0.15, 0.2) is 0 Å². The van der Waals surface area contributed by atoms with Crippen molar-refractivity contribution in [2.45, 2.75) is 38.5 Å². The minimum absolute atomic E-state index is 0. The van der Waals surface area contributed by atoms with Crippen LogP contribution in [0.3, 0.4) is 0 Å². The number of carboxylic acid groups (broad SMARTS) is 1. The second-order valence-electron chi connectivity index (χ2n) is 17.4. The summed E-state index contributed by atoms with van der Waals surface area (Å²) < 4.78 is 91.7. The molecule has 0 amide bonds. The third-order valence-electron chi connectivity index (χ3n) is 12.6. The van der Waals surface area contributed by atoms with Crippen molar-refractivity contribution in [3.63, 3.8) is 0 Å². The van der Waals surface area contributed by atoms with Gasteiger partial charge in [0, 0.05) is 127 Å². The number of rotatable bonds is 8. The number of carbonyl (C=O) groups is 3. The summed E-state index contributed by atoms with van der Waals surface area (Å²) in [6.45, 7) is 8.15. The Morgan fingerprint density at radius 3 is 1.33 bits per heavy atom. The molecule has 0 aliphatic carbocycles. The third kappa shape index (κ3) is 15.0. The molecule has 6 aromatic rings. The van der Waals surface area contributed by atoms with Crippen molar-refractivity contribution in [1.29, 1.82) is 0 Å². The topological polar surface area (TPSA) is 147 Å². The highest BCUT2D eigenvalue weighted by Crippen LogP contribution is 2.39. The molecule has 0 radical (unpaired) electrons. The van der Waals surface area contributed by atoms with Gasteiger partial charge in [-0.15, -0.1) is 12.4 Å². The predicted octanol–water partition coefficient (Wildman–Crippen LogP) is 10.0. The number of hydrogen-bond donors (Lipinski definition) is 2. The van der Waals surface area contributed by atoms with Crippen LogP contribution < -0.4 is 15.1 Å². The van der Waals surface area contributed by atoms with E-state index in [1.54, 1.807) is 24.7 Å². The fourth-order valence-electron chi connectivity index (χ4n) is 9.08.